The first-order valence-corrected chi connectivity index (χ1v) is 5.44. The molecule has 0 bridgehead atoms. The molecular weight excluding hydrogens is 220 g/mol. The van der Waals surface area contributed by atoms with E-state index in [2.05, 4.69) is 13.7 Å². The van der Waals surface area contributed by atoms with Gasteiger partial charge in [0, 0.05) is 5.38 Å². The zero-order valence-corrected chi connectivity index (χ0v) is 9.01. The van der Waals surface area contributed by atoms with Gasteiger partial charge in [-0.15, -0.1) is 0 Å². The summed E-state index contributed by atoms with van der Waals surface area (Å²) in [5, 5.41) is 2.47. The molecule has 2 aromatic rings. The van der Waals surface area contributed by atoms with E-state index in [1.807, 2.05) is 5.38 Å². The highest BCUT2D eigenvalue weighted by Crippen LogP contribution is 2.24. The molecule has 1 unspecified atom stereocenters. The van der Waals surface area contributed by atoms with E-state index in [0.29, 0.717) is 5.19 Å². The lowest BCUT2D eigenvalue weighted by molar-refractivity contribution is 0.410. The van der Waals surface area contributed by atoms with Crippen LogP contribution in [0, 0.1) is 0 Å². The maximum atomic E-state index is 5.92. The average molecular weight is 228 g/mol. The van der Waals surface area contributed by atoms with E-state index in [0.717, 1.165) is 23.1 Å². The van der Waals surface area contributed by atoms with Gasteiger partial charge in [0.1, 0.15) is 0 Å². The maximum absolute atomic E-state index is 5.92. The van der Waals surface area contributed by atoms with E-state index in [1.54, 1.807) is 13.3 Å². The molecule has 2 aromatic heterocycles. The van der Waals surface area contributed by atoms with Gasteiger partial charge in [-0.3, -0.25) is 0 Å². The third kappa shape index (κ3) is 1.74. The SMILES string of the molecule is COc1nc(C(N)c2cnsn2)cs1. The molecular formula is C7H8N4OS2. The Hall–Kier alpha value is -1.05. The Morgan fingerprint density at radius 1 is 1.50 bits per heavy atom. The van der Waals surface area contributed by atoms with Crippen LogP contribution in [0.2, 0.25) is 0 Å². The molecule has 0 saturated carbocycles. The summed E-state index contributed by atoms with van der Waals surface area (Å²) in [5.41, 5.74) is 7.42. The Kier molecular flexibility index (Phi) is 2.71. The maximum Gasteiger partial charge on any atom is 0.273 e. The van der Waals surface area contributed by atoms with Crippen molar-refractivity contribution in [3.05, 3.63) is 23.0 Å². The predicted octanol–water partition coefficient (Wildman–Crippen LogP) is 1.05. The molecule has 0 aliphatic heterocycles. The zero-order valence-electron chi connectivity index (χ0n) is 7.38. The highest BCUT2D eigenvalue weighted by molar-refractivity contribution is 7.11. The zero-order chi connectivity index (χ0) is 9.97. The predicted molar refractivity (Wildman–Crippen MR) is 54.6 cm³/mol. The van der Waals surface area contributed by atoms with E-state index in [9.17, 15) is 0 Å². The minimum atomic E-state index is -0.311. The van der Waals surface area contributed by atoms with Crippen LogP contribution in [0.4, 0.5) is 0 Å². The van der Waals surface area contributed by atoms with Crippen molar-refractivity contribution >= 4 is 23.1 Å². The molecule has 0 amide bonds. The second-order valence-electron chi connectivity index (χ2n) is 2.55. The van der Waals surface area contributed by atoms with Crippen LogP contribution in [0.3, 0.4) is 0 Å². The van der Waals surface area contributed by atoms with Gasteiger partial charge in [0.05, 0.1) is 42.5 Å². The molecule has 0 aliphatic rings. The first-order valence-electron chi connectivity index (χ1n) is 3.83. The molecule has 0 aromatic carbocycles. The Morgan fingerprint density at radius 3 is 2.93 bits per heavy atom. The van der Waals surface area contributed by atoms with Crippen LogP contribution in [0.25, 0.3) is 0 Å². The van der Waals surface area contributed by atoms with Gasteiger partial charge >= 0.3 is 0 Å². The Morgan fingerprint density at radius 2 is 2.36 bits per heavy atom. The van der Waals surface area contributed by atoms with E-state index >= 15 is 0 Å². The summed E-state index contributed by atoms with van der Waals surface area (Å²) in [6.45, 7) is 0. The molecule has 74 valence electrons. The highest BCUT2D eigenvalue weighted by atomic mass is 32.1. The van der Waals surface area contributed by atoms with Gasteiger partial charge in [0.25, 0.3) is 5.19 Å². The standard InChI is InChI=1S/C7H8N4OS2/c1-12-7-10-5(3-13-7)6(8)4-2-9-14-11-4/h2-3,6H,8H2,1H3. The molecule has 0 spiro atoms. The molecule has 7 heteroatoms. The number of thiazole rings is 1. The molecule has 0 fully saturated rings. The Labute approximate surface area is 88.9 Å². The van der Waals surface area contributed by atoms with Gasteiger partial charge in [-0.05, 0) is 0 Å². The van der Waals surface area contributed by atoms with Crippen LogP contribution in [0.5, 0.6) is 5.19 Å². The van der Waals surface area contributed by atoms with Gasteiger partial charge in [-0.2, -0.15) is 8.75 Å². The van der Waals surface area contributed by atoms with Crippen LogP contribution in [0.1, 0.15) is 17.4 Å². The first-order chi connectivity index (χ1) is 6.81. The third-order valence-electron chi connectivity index (χ3n) is 1.69. The molecule has 0 aliphatic carbocycles. The quantitative estimate of drug-likeness (QED) is 0.850. The van der Waals surface area contributed by atoms with E-state index in [-0.39, 0.29) is 6.04 Å². The van der Waals surface area contributed by atoms with Crippen molar-refractivity contribution in [1.29, 1.82) is 0 Å². The van der Waals surface area contributed by atoms with Crippen LogP contribution in [0.15, 0.2) is 11.6 Å². The molecule has 1 atom stereocenters. The fraction of sp³-hybridized carbons (Fsp3) is 0.286. The van der Waals surface area contributed by atoms with Gasteiger partial charge in [0.2, 0.25) is 0 Å². The molecule has 14 heavy (non-hydrogen) atoms. The van der Waals surface area contributed by atoms with Gasteiger partial charge in [-0.25, -0.2) is 4.98 Å². The number of ether oxygens (including phenoxy) is 1. The van der Waals surface area contributed by atoms with Crippen molar-refractivity contribution in [2.45, 2.75) is 6.04 Å². The van der Waals surface area contributed by atoms with Crippen molar-refractivity contribution in [1.82, 2.24) is 13.7 Å². The van der Waals surface area contributed by atoms with Crippen LogP contribution >= 0.6 is 23.1 Å². The molecule has 2 heterocycles. The number of methoxy groups -OCH3 is 1. The lowest BCUT2D eigenvalue weighted by atomic mass is 10.2. The van der Waals surface area contributed by atoms with Crippen molar-refractivity contribution in [2.75, 3.05) is 7.11 Å². The topological polar surface area (TPSA) is 73.9 Å². The fourth-order valence-corrected chi connectivity index (χ4v) is 2.10. The molecule has 5 nitrogen and oxygen atoms in total. The lowest BCUT2D eigenvalue weighted by Crippen LogP contribution is -2.12. The lowest BCUT2D eigenvalue weighted by Gasteiger charge is -2.02. The number of hydrogen-bond donors (Lipinski definition) is 1. The minimum Gasteiger partial charge on any atom is -0.473 e. The summed E-state index contributed by atoms with van der Waals surface area (Å²) in [6.07, 6.45) is 1.65. The number of rotatable bonds is 3. The van der Waals surface area contributed by atoms with Gasteiger partial charge in [-0.1, -0.05) is 11.3 Å². The molecule has 0 saturated heterocycles. The summed E-state index contributed by atoms with van der Waals surface area (Å²) >= 11 is 2.56. The van der Waals surface area contributed by atoms with Crippen molar-refractivity contribution in [3.8, 4) is 5.19 Å². The van der Waals surface area contributed by atoms with E-state index in [4.69, 9.17) is 10.5 Å². The monoisotopic (exact) mass is 228 g/mol. The van der Waals surface area contributed by atoms with Gasteiger partial charge in [0.15, 0.2) is 0 Å². The second kappa shape index (κ2) is 3.99. The number of aromatic nitrogens is 3. The number of nitrogens with zero attached hydrogens (tertiary/aromatic N) is 3. The third-order valence-corrected chi connectivity index (χ3v) is 3.00. The molecule has 2 rings (SSSR count). The first kappa shape index (κ1) is 9.50. The van der Waals surface area contributed by atoms with Crippen LogP contribution in [-0.2, 0) is 0 Å². The normalized spacial score (nSPS) is 12.7. The minimum absolute atomic E-state index is 0.311. The van der Waals surface area contributed by atoms with E-state index in [1.165, 1.54) is 11.3 Å². The van der Waals surface area contributed by atoms with Crippen molar-refractivity contribution in [3.63, 3.8) is 0 Å². The fourth-order valence-electron chi connectivity index (χ4n) is 0.966. The van der Waals surface area contributed by atoms with Gasteiger partial charge < -0.3 is 10.5 Å². The Balaban J connectivity index is 2.23. The summed E-state index contributed by atoms with van der Waals surface area (Å²) in [6, 6.07) is -0.311. The largest absolute Gasteiger partial charge is 0.473 e. The number of nitrogens with two attached hydrogens (primary N) is 1. The van der Waals surface area contributed by atoms with E-state index < -0.39 is 0 Å². The molecule has 0 radical (unpaired) electrons. The molecule has 2 N–H and O–H groups in total. The average Bonchev–Trinajstić information content (AvgIpc) is 2.88. The highest BCUT2D eigenvalue weighted by Gasteiger charge is 2.15. The second-order valence-corrected chi connectivity index (χ2v) is 3.93. The van der Waals surface area contributed by atoms with Crippen molar-refractivity contribution < 1.29 is 4.74 Å². The number of hydrogen-bond acceptors (Lipinski definition) is 7. The summed E-state index contributed by atoms with van der Waals surface area (Å²) in [7, 11) is 1.58. The van der Waals surface area contributed by atoms with Crippen LogP contribution in [-0.4, -0.2) is 20.8 Å². The Bertz CT molecular complexity index is 399. The summed E-state index contributed by atoms with van der Waals surface area (Å²) < 4.78 is 12.9. The van der Waals surface area contributed by atoms with Crippen LogP contribution < -0.4 is 10.5 Å². The van der Waals surface area contributed by atoms with Crippen molar-refractivity contribution in [2.24, 2.45) is 5.73 Å². The summed E-state index contributed by atoms with van der Waals surface area (Å²) in [5.74, 6) is 0. The summed E-state index contributed by atoms with van der Waals surface area (Å²) in [4.78, 5) is 4.19. The smallest absolute Gasteiger partial charge is 0.273 e.